The van der Waals surface area contributed by atoms with Crippen LogP contribution in [0, 0.1) is 12.3 Å². The molecule has 0 saturated carbocycles. The number of nitrogens with zero attached hydrogens (tertiary/aromatic N) is 4. The first-order chi connectivity index (χ1) is 19.3. The largest absolute Gasteiger partial charge is 0.396 e. The highest BCUT2D eigenvalue weighted by Crippen LogP contribution is 2.43. The highest BCUT2D eigenvalue weighted by atomic mass is 32.2. The third-order valence-corrected chi connectivity index (χ3v) is 8.85. The first kappa shape index (κ1) is 33.8. The van der Waals surface area contributed by atoms with Gasteiger partial charge in [-0.25, -0.2) is 15.0 Å². The Morgan fingerprint density at radius 3 is 2.17 bits per heavy atom. The van der Waals surface area contributed by atoms with Crippen LogP contribution in [0.2, 0.25) is 0 Å². The van der Waals surface area contributed by atoms with Crippen LogP contribution >= 0.6 is 22.7 Å². The Morgan fingerprint density at radius 2 is 1.73 bits per heavy atom. The monoisotopic (exact) mass is 588 g/mol. The predicted molar refractivity (Wildman–Crippen MR) is 172 cm³/mol. The van der Waals surface area contributed by atoms with Gasteiger partial charge in [-0.2, -0.15) is 0 Å². The molecular weight excluding hydrogens is 557 g/mol. The molecule has 7 nitrogen and oxygen atoms in total. The summed E-state index contributed by atoms with van der Waals surface area (Å²) >= 11 is 2.97. The molecule has 4 aromatic rings. The number of thiazole rings is 1. The van der Waals surface area contributed by atoms with Crippen molar-refractivity contribution in [2.24, 2.45) is 7.05 Å². The normalized spacial score (nSPS) is 9.78. The summed E-state index contributed by atoms with van der Waals surface area (Å²) in [6.45, 7) is 19.4. The number of thiophene rings is 1. The molecule has 1 unspecified atom stereocenters. The molecule has 4 heterocycles. The molecule has 3 N–H and O–H groups in total. The van der Waals surface area contributed by atoms with Crippen molar-refractivity contribution in [1.82, 2.24) is 19.5 Å². The number of nitrogen functional groups attached to an aromatic ring is 1. The first-order valence-corrected chi connectivity index (χ1v) is 14.8. The number of rotatable bonds is 6. The van der Waals surface area contributed by atoms with E-state index in [9.17, 15) is 4.21 Å². The van der Waals surface area contributed by atoms with Crippen LogP contribution in [0.4, 0.5) is 5.69 Å². The molecule has 0 radical (unpaired) electrons. The third-order valence-electron chi connectivity index (χ3n) is 5.06. The molecule has 206 valence electrons. The Hall–Kier alpha value is -4.27. The summed E-state index contributed by atoms with van der Waals surface area (Å²) in [5, 5.41) is 9.14. The summed E-state index contributed by atoms with van der Waals surface area (Å²) in [5.41, 5.74) is 23.9. The average molecular weight is 589 g/mol. The second kappa shape index (κ2) is 18.1. The quantitative estimate of drug-likeness (QED) is 0.180. The van der Waals surface area contributed by atoms with Crippen LogP contribution in [-0.2, 0) is 17.8 Å². The molecule has 0 bridgehead atoms. The van der Waals surface area contributed by atoms with Gasteiger partial charge in [-0.3, -0.25) is 4.21 Å². The number of hydrogen-bond acceptors (Lipinski definition) is 8. The minimum absolute atomic E-state index is 0.571. The SMILES string of the molecule is C=C=C=C=C.C=C=C=C=C.C=N.CCCCS(=O)c1sc2nc(-c3nccs3)cc(-c3cnc(C)n3C)c2c1N. The van der Waals surface area contributed by atoms with Crippen LogP contribution in [-0.4, -0.2) is 36.2 Å². The van der Waals surface area contributed by atoms with Gasteiger partial charge in [0.15, 0.2) is 0 Å². The molecule has 0 aliphatic rings. The summed E-state index contributed by atoms with van der Waals surface area (Å²) in [5.74, 6) is 1.53. The van der Waals surface area contributed by atoms with Crippen molar-refractivity contribution in [3.8, 4) is 22.0 Å². The number of nitrogens with two attached hydrogens (primary N) is 1. The van der Waals surface area contributed by atoms with Crippen molar-refractivity contribution < 1.29 is 4.21 Å². The highest BCUT2D eigenvalue weighted by molar-refractivity contribution is 7.87. The molecule has 0 fully saturated rings. The van der Waals surface area contributed by atoms with Gasteiger partial charge < -0.3 is 15.7 Å². The van der Waals surface area contributed by atoms with Crippen LogP contribution in [0.1, 0.15) is 25.6 Å². The summed E-state index contributed by atoms with van der Waals surface area (Å²) in [7, 11) is 0.864. The second-order valence-electron chi connectivity index (χ2n) is 7.49. The Balaban J connectivity index is 0.000000568. The summed E-state index contributed by atoms with van der Waals surface area (Å²) in [4.78, 5) is 14.4. The van der Waals surface area contributed by atoms with Crippen LogP contribution < -0.4 is 5.73 Å². The molecule has 0 amide bonds. The molecule has 40 heavy (non-hydrogen) atoms. The van der Waals surface area contributed by atoms with Crippen LogP contribution in [0.15, 0.2) is 88.8 Å². The highest BCUT2D eigenvalue weighted by Gasteiger charge is 2.22. The van der Waals surface area contributed by atoms with E-state index in [1.54, 1.807) is 17.5 Å². The number of aromatic nitrogens is 4. The van der Waals surface area contributed by atoms with E-state index in [0.29, 0.717) is 15.6 Å². The van der Waals surface area contributed by atoms with Crippen molar-refractivity contribution in [3.63, 3.8) is 0 Å². The Morgan fingerprint density at radius 1 is 1.10 bits per heavy atom. The molecule has 0 saturated heterocycles. The molecule has 0 spiro atoms. The van der Waals surface area contributed by atoms with E-state index in [1.165, 1.54) is 11.3 Å². The number of fused-ring (bicyclic) bond motifs is 1. The number of pyridine rings is 1. The van der Waals surface area contributed by atoms with Gasteiger partial charge in [0.25, 0.3) is 0 Å². The van der Waals surface area contributed by atoms with Crippen molar-refractivity contribution in [3.05, 3.63) is 90.4 Å². The van der Waals surface area contributed by atoms with E-state index in [2.05, 4.69) is 84.3 Å². The maximum atomic E-state index is 12.8. The summed E-state index contributed by atoms with van der Waals surface area (Å²) in [6.07, 6.45) is 5.53. The molecule has 1 atom stereocenters. The Kier molecular flexibility index (Phi) is 15.3. The van der Waals surface area contributed by atoms with Crippen molar-refractivity contribution in [2.75, 3.05) is 11.5 Å². The van der Waals surface area contributed by atoms with Gasteiger partial charge in [-0.15, -0.1) is 22.7 Å². The molecule has 4 aromatic heterocycles. The van der Waals surface area contributed by atoms with Gasteiger partial charge in [0.05, 0.1) is 28.4 Å². The van der Waals surface area contributed by atoms with E-state index < -0.39 is 10.8 Å². The zero-order chi connectivity index (χ0) is 30.1. The fraction of sp³-hybridized carbons (Fsp3) is 0.200. The van der Waals surface area contributed by atoms with Crippen LogP contribution in [0.3, 0.4) is 0 Å². The molecule has 10 heteroatoms. The minimum Gasteiger partial charge on any atom is -0.396 e. The van der Waals surface area contributed by atoms with Crippen LogP contribution in [0.25, 0.3) is 32.2 Å². The second-order valence-corrected chi connectivity index (χ2v) is 11.1. The zero-order valence-corrected chi connectivity index (χ0v) is 25.4. The van der Waals surface area contributed by atoms with E-state index in [0.717, 1.165) is 50.8 Å². The lowest BCUT2D eigenvalue weighted by molar-refractivity contribution is 0.681. The van der Waals surface area contributed by atoms with Gasteiger partial charge in [0.1, 0.15) is 25.6 Å². The van der Waals surface area contributed by atoms with E-state index in [-0.39, 0.29) is 0 Å². The average Bonchev–Trinajstić information content (AvgIpc) is 3.70. The lowest BCUT2D eigenvalue weighted by Crippen LogP contribution is -2.00. The van der Waals surface area contributed by atoms with Gasteiger partial charge in [-0.1, -0.05) is 36.3 Å². The van der Waals surface area contributed by atoms with E-state index in [4.69, 9.17) is 16.1 Å². The van der Waals surface area contributed by atoms with Crippen molar-refractivity contribution in [2.45, 2.75) is 30.9 Å². The number of unbranched alkanes of at least 4 members (excludes halogenated alkanes) is 1. The lowest BCUT2D eigenvalue weighted by atomic mass is 10.1. The van der Waals surface area contributed by atoms with Crippen molar-refractivity contribution in [1.29, 1.82) is 5.41 Å². The number of imidazole rings is 1. The van der Waals surface area contributed by atoms with E-state index >= 15 is 0 Å². The van der Waals surface area contributed by atoms with Crippen molar-refractivity contribution >= 4 is 56.1 Å². The smallest absolute Gasteiger partial charge is 0.141 e. The first-order valence-electron chi connectivity index (χ1n) is 11.8. The topological polar surface area (TPSA) is 111 Å². The van der Waals surface area contributed by atoms with Gasteiger partial charge in [0, 0.05) is 35.3 Å². The molecule has 0 aromatic carbocycles. The number of anilines is 1. The zero-order valence-electron chi connectivity index (χ0n) is 23.0. The minimum atomic E-state index is -1.12. The fourth-order valence-electron chi connectivity index (χ4n) is 3.18. The summed E-state index contributed by atoms with van der Waals surface area (Å²) in [6, 6.07) is 2.01. The third kappa shape index (κ3) is 8.90. The molecule has 4 rings (SSSR count). The lowest BCUT2D eigenvalue weighted by Gasteiger charge is -2.08. The fourth-order valence-corrected chi connectivity index (χ4v) is 6.57. The van der Waals surface area contributed by atoms with Gasteiger partial charge in [0.2, 0.25) is 0 Å². The number of hydrogen-bond donors (Lipinski definition) is 2. The molecular formula is C30H32N6OS3. The van der Waals surface area contributed by atoms with Gasteiger partial charge in [-0.05, 0) is 63.9 Å². The maximum Gasteiger partial charge on any atom is 0.141 e. The Bertz CT molecular complexity index is 1610. The maximum absolute atomic E-state index is 12.8. The Labute approximate surface area is 246 Å². The molecule has 0 aliphatic heterocycles. The standard InChI is InChI=1S/C19H21N5OS3.2C5H4.CH3N/c1-4-5-8-28(25)19-16(20)15-12(14-10-22-11(2)24(14)3)9-13(23-18(15)27-19)17-21-6-7-26-17;2*1-3-5-4-2;1-2/h6-7,9-10H,4-5,8,20H2,1-3H3;2*1-2H2;2H,1H2. The van der Waals surface area contributed by atoms with Crippen LogP contribution in [0.5, 0.6) is 0 Å². The predicted octanol–water partition coefficient (Wildman–Crippen LogP) is 7.42. The van der Waals surface area contributed by atoms with Gasteiger partial charge >= 0.3 is 0 Å². The number of nitrogens with one attached hydrogen (secondary N) is 1. The summed E-state index contributed by atoms with van der Waals surface area (Å²) < 4.78 is 15.6. The molecule has 0 aliphatic carbocycles. The van der Waals surface area contributed by atoms with E-state index in [1.807, 2.05) is 36.2 Å². The number of aryl methyl sites for hydroxylation is 1.